The Morgan fingerprint density at radius 2 is 1.85 bits per heavy atom. The van der Waals surface area contributed by atoms with Gasteiger partial charge in [0.25, 0.3) is 0 Å². The van der Waals surface area contributed by atoms with Crippen molar-refractivity contribution in [3.05, 3.63) is 54.4 Å². The van der Waals surface area contributed by atoms with E-state index in [4.69, 9.17) is 14.5 Å². The lowest BCUT2D eigenvalue weighted by Crippen LogP contribution is -2.26. The first-order valence-electron chi connectivity index (χ1n) is 9.07. The van der Waals surface area contributed by atoms with Gasteiger partial charge in [-0.05, 0) is 49.7 Å². The van der Waals surface area contributed by atoms with Gasteiger partial charge in [-0.3, -0.25) is 4.79 Å². The predicted octanol–water partition coefficient (Wildman–Crippen LogP) is 3.71. The van der Waals surface area contributed by atoms with Crippen LogP contribution in [-0.2, 0) is 11.3 Å². The van der Waals surface area contributed by atoms with Gasteiger partial charge in [-0.1, -0.05) is 12.1 Å². The monoisotopic (exact) mass is 367 g/mol. The standard InChI is InChI=1S/C21H25N3O3/c1-15(22-16(2)25)21-23-19-7-4-5-8-20(19)24(21)13-6-14-27-18-11-9-17(26-3)10-12-18/h4-5,7-12,15H,6,13-14H2,1-3H3,(H,22,25). The number of carbonyl (C=O) groups excluding carboxylic acids is 1. The zero-order valence-electron chi connectivity index (χ0n) is 15.9. The van der Waals surface area contributed by atoms with Crippen molar-refractivity contribution in [2.24, 2.45) is 0 Å². The van der Waals surface area contributed by atoms with Gasteiger partial charge in [0, 0.05) is 13.5 Å². The largest absolute Gasteiger partial charge is 0.497 e. The van der Waals surface area contributed by atoms with Gasteiger partial charge < -0.3 is 19.4 Å². The van der Waals surface area contributed by atoms with Crippen molar-refractivity contribution in [3.63, 3.8) is 0 Å². The molecule has 0 spiro atoms. The Balaban J connectivity index is 1.68. The maximum Gasteiger partial charge on any atom is 0.217 e. The summed E-state index contributed by atoms with van der Waals surface area (Å²) in [4.78, 5) is 16.2. The van der Waals surface area contributed by atoms with E-state index in [0.29, 0.717) is 6.61 Å². The molecule has 27 heavy (non-hydrogen) atoms. The number of imidazole rings is 1. The van der Waals surface area contributed by atoms with Crippen molar-refractivity contribution in [1.29, 1.82) is 0 Å². The molecule has 0 aliphatic carbocycles. The van der Waals surface area contributed by atoms with Crippen LogP contribution in [0.15, 0.2) is 48.5 Å². The smallest absolute Gasteiger partial charge is 0.217 e. The number of aryl methyl sites for hydroxylation is 1. The SMILES string of the molecule is COc1ccc(OCCCn2c(C(C)NC(C)=O)nc3ccccc32)cc1. The van der Waals surface area contributed by atoms with Crippen LogP contribution >= 0.6 is 0 Å². The zero-order chi connectivity index (χ0) is 19.2. The number of amides is 1. The summed E-state index contributed by atoms with van der Waals surface area (Å²) in [5.41, 5.74) is 2.00. The van der Waals surface area contributed by atoms with Crippen molar-refractivity contribution in [2.75, 3.05) is 13.7 Å². The molecule has 1 atom stereocenters. The molecule has 0 aliphatic rings. The maximum absolute atomic E-state index is 11.4. The first kappa shape index (κ1) is 18.8. The Labute approximate surface area is 159 Å². The van der Waals surface area contributed by atoms with Crippen molar-refractivity contribution >= 4 is 16.9 Å². The highest BCUT2D eigenvalue weighted by Gasteiger charge is 2.17. The molecule has 0 saturated heterocycles. The van der Waals surface area contributed by atoms with Crippen LogP contribution in [0.2, 0.25) is 0 Å². The van der Waals surface area contributed by atoms with Crippen LogP contribution in [0, 0.1) is 0 Å². The molecule has 3 rings (SSSR count). The highest BCUT2D eigenvalue weighted by Crippen LogP contribution is 2.22. The topological polar surface area (TPSA) is 65.4 Å². The maximum atomic E-state index is 11.4. The molecule has 142 valence electrons. The lowest BCUT2D eigenvalue weighted by Gasteiger charge is -2.15. The number of ether oxygens (including phenoxy) is 2. The number of nitrogens with zero attached hydrogens (tertiary/aromatic N) is 2. The third-order valence-electron chi connectivity index (χ3n) is 4.35. The number of carbonyl (C=O) groups is 1. The number of nitrogens with one attached hydrogen (secondary N) is 1. The summed E-state index contributed by atoms with van der Waals surface area (Å²) in [5.74, 6) is 2.42. The van der Waals surface area contributed by atoms with Crippen LogP contribution < -0.4 is 14.8 Å². The van der Waals surface area contributed by atoms with Crippen molar-refractivity contribution in [2.45, 2.75) is 32.9 Å². The van der Waals surface area contributed by atoms with E-state index in [1.54, 1.807) is 7.11 Å². The normalized spacial score (nSPS) is 12.0. The minimum atomic E-state index is -0.155. The summed E-state index contributed by atoms with van der Waals surface area (Å²) in [6.45, 7) is 4.82. The third-order valence-corrected chi connectivity index (χ3v) is 4.35. The fraction of sp³-hybridized carbons (Fsp3) is 0.333. The van der Waals surface area contributed by atoms with E-state index in [0.717, 1.165) is 41.3 Å². The molecule has 6 heteroatoms. The highest BCUT2D eigenvalue weighted by atomic mass is 16.5. The van der Waals surface area contributed by atoms with Gasteiger partial charge in [-0.15, -0.1) is 0 Å². The Hall–Kier alpha value is -3.02. The fourth-order valence-electron chi connectivity index (χ4n) is 3.11. The number of hydrogen-bond acceptors (Lipinski definition) is 4. The molecular weight excluding hydrogens is 342 g/mol. The van der Waals surface area contributed by atoms with Gasteiger partial charge in [0.15, 0.2) is 0 Å². The van der Waals surface area contributed by atoms with Crippen LogP contribution in [0.5, 0.6) is 11.5 Å². The van der Waals surface area contributed by atoms with Gasteiger partial charge in [-0.2, -0.15) is 0 Å². The van der Waals surface area contributed by atoms with Crippen LogP contribution in [0.3, 0.4) is 0 Å². The van der Waals surface area contributed by atoms with Crippen LogP contribution in [0.1, 0.15) is 32.1 Å². The van der Waals surface area contributed by atoms with Gasteiger partial charge in [0.2, 0.25) is 5.91 Å². The summed E-state index contributed by atoms with van der Waals surface area (Å²) in [6, 6.07) is 15.4. The van der Waals surface area contributed by atoms with Crippen LogP contribution in [0.4, 0.5) is 0 Å². The summed E-state index contributed by atoms with van der Waals surface area (Å²) in [5, 5.41) is 2.92. The first-order chi connectivity index (χ1) is 13.1. The molecule has 1 heterocycles. The molecule has 6 nitrogen and oxygen atoms in total. The summed E-state index contributed by atoms with van der Waals surface area (Å²) in [7, 11) is 1.64. The van der Waals surface area contributed by atoms with E-state index in [-0.39, 0.29) is 11.9 Å². The lowest BCUT2D eigenvalue weighted by atomic mass is 10.3. The minimum Gasteiger partial charge on any atom is -0.497 e. The number of hydrogen-bond donors (Lipinski definition) is 1. The predicted molar refractivity (Wildman–Crippen MR) is 105 cm³/mol. The average molecular weight is 367 g/mol. The van der Waals surface area contributed by atoms with Gasteiger partial charge in [0.05, 0.1) is 30.8 Å². The second-order valence-corrected chi connectivity index (χ2v) is 6.41. The van der Waals surface area contributed by atoms with E-state index >= 15 is 0 Å². The van der Waals surface area contributed by atoms with Crippen molar-refractivity contribution in [3.8, 4) is 11.5 Å². The Kier molecular flexibility index (Phi) is 5.96. The molecule has 0 bridgehead atoms. The molecule has 1 unspecified atom stereocenters. The Bertz CT molecular complexity index is 903. The summed E-state index contributed by atoms with van der Waals surface area (Å²) in [6.07, 6.45) is 0.826. The van der Waals surface area contributed by atoms with Crippen molar-refractivity contribution in [1.82, 2.24) is 14.9 Å². The fourth-order valence-corrected chi connectivity index (χ4v) is 3.11. The number of methoxy groups -OCH3 is 1. The third kappa shape index (κ3) is 4.58. The lowest BCUT2D eigenvalue weighted by molar-refractivity contribution is -0.119. The van der Waals surface area contributed by atoms with E-state index < -0.39 is 0 Å². The molecule has 3 aromatic rings. The van der Waals surface area contributed by atoms with Gasteiger partial charge in [0.1, 0.15) is 17.3 Å². The van der Waals surface area contributed by atoms with Crippen molar-refractivity contribution < 1.29 is 14.3 Å². The number of aromatic nitrogens is 2. The first-order valence-corrected chi connectivity index (χ1v) is 9.07. The molecule has 0 radical (unpaired) electrons. The molecule has 0 aliphatic heterocycles. The second-order valence-electron chi connectivity index (χ2n) is 6.41. The Morgan fingerprint density at radius 3 is 2.56 bits per heavy atom. The number of para-hydroxylation sites is 2. The quantitative estimate of drug-likeness (QED) is 0.617. The van der Waals surface area contributed by atoms with E-state index in [1.807, 2.05) is 49.4 Å². The molecule has 0 fully saturated rings. The molecule has 0 saturated carbocycles. The molecule has 2 aromatic carbocycles. The molecule has 1 amide bonds. The van der Waals surface area contributed by atoms with Gasteiger partial charge >= 0.3 is 0 Å². The van der Waals surface area contributed by atoms with E-state index in [1.165, 1.54) is 6.92 Å². The van der Waals surface area contributed by atoms with E-state index in [9.17, 15) is 4.79 Å². The highest BCUT2D eigenvalue weighted by molar-refractivity contribution is 5.77. The number of rotatable bonds is 8. The molecule has 1 N–H and O–H groups in total. The van der Waals surface area contributed by atoms with E-state index in [2.05, 4.69) is 16.0 Å². The Morgan fingerprint density at radius 1 is 1.15 bits per heavy atom. The molecular formula is C21H25N3O3. The number of fused-ring (bicyclic) bond motifs is 1. The van der Waals surface area contributed by atoms with Crippen LogP contribution in [-0.4, -0.2) is 29.2 Å². The zero-order valence-corrected chi connectivity index (χ0v) is 15.9. The summed E-state index contributed by atoms with van der Waals surface area (Å²) >= 11 is 0. The molecule has 1 aromatic heterocycles. The van der Waals surface area contributed by atoms with Gasteiger partial charge in [-0.25, -0.2) is 4.98 Å². The summed E-state index contributed by atoms with van der Waals surface area (Å²) < 4.78 is 13.1. The van der Waals surface area contributed by atoms with Crippen LogP contribution in [0.25, 0.3) is 11.0 Å². The number of benzene rings is 2. The average Bonchev–Trinajstić information content (AvgIpc) is 3.04. The minimum absolute atomic E-state index is 0.0658. The second kappa shape index (κ2) is 8.58.